The van der Waals surface area contributed by atoms with Gasteiger partial charge in [0.1, 0.15) is 0 Å². The lowest BCUT2D eigenvalue weighted by molar-refractivity contribution is 0.141. The van der Waals surface area contributed by atoms with E-state index in [2.05, 4.69) is 36.1 Å². The van der Waals surface area contributed by atoms with Crippen molar-refractivity contribution in [3.8, 4) is 0 Å². The second-order valence-corrected chi connectivity index (χ2v) is 5.65. The highest BCUT2D eigenvalue weighted by molar-refractivity contribution is 5.26. The maximum absolute atomic E-state index is 6.02. The van der Waals surface area contributed by atoms with Gasteiger partial charge in [-0.3, -0.25) is 4.90 Å². The third kappa shape index (κ3) is 3.78. The van der Waals surface area contributed by atoms with E-state index in [0.29, 0.717) is 19.2 Å². The Bertz CT molecular complexity index is 386. The number of benzene rings is 1. The molecule has 19 heavy (non-hydrogen) atoms. The molecule has 2 rings (SSSR count). The first-order valence-electron chi connectivity index (χ1n) is 7.26. The fraction of sp³-hybridized carbons (Fsp3) is 0.625. The molecule has 3 heteroatoms. The molecule has 0 bridgehead atoms. The minimum absolute atomic E-state index is 0.351. The van der Waals surface area contributed by atoms with Crippen LogP contribution >= 0.6 is 0 Å². The molecule has 0 saturated carbocycles. The van der Waals surface area contributed by atoms with Crippen LogP contribution in [0.25, 0.3) is 0 Å². The number of ether oxygens (including phenoxy) is 1. The van der Waals surface area contributed by atoms with Crippen molar-refractivity contribution in [2.24, 2.45) is 11.7 Å². The van der Waals surface area contributed by atoms with Crippen molar-refractivity contribution in [2.75, 3.05) is 26.7 Å². The topological polar surface area (TPSA) is 38.5 Å². The summed E-state index contributed by atoms with van der Waals surface area (Å²) in [7, 11) is 1.74. The molecule has 1 aliphatic heterocycles. The van der Waals surface area contributed by atoms with E-state index in [1.165, 1.54) is 24.0 Å². The SMILES string of the molecule is COCc1cccc(C(CN)N2CCC(C)CC2)c1. The van der Waals surface area contributed by atoms with Gasteiger partial charge in [-0.05, 0) is 43.0 Å². The van der Waals surface area contributed by atoms with Crippen LogP contribution in [0.2, 0.25) is 0 Å². The molecule has 1 unspecified atom stereocenters. The Morgan fingerprint density at radius 2 is 2.11 bits per heavy atom. The van der Waals surface area contributed by atoms with Crippen molar-refractivity contribution in [2.45, 2.75) is 32.4 Å². The van der Waals surface area contributed by atoms with Gasteiger partial charge in [0.15, 0.2) is 0 Å². The second kappa shape index (κ2) is 7.04. The lowest BCUT2D eigenvalue weighted by Crippen LogP contribution is -2.39. The summed E-state index contributed by atoms with van der Waals surface area (Å²) in [4.78, 5) is 2.53. The summed E-state index contributed by atoms with van der Waals surface area (Å²) >= 11 is 0. The minimum Gasteiger partial charge on any atom is -0.380 e. The second-order valence-electron chi connectivity index (χ2n) is 5.65. The van der Waals surface area contributed by atoms with E-state index in [1.807, 2.05) is 0 Å². The smallest absolute Gasteiger partial charge is 0.0713 e. The maximum Gasteiger partial charge on any atom is 0.0713 e. The molecule has 1 aliphatic rings. The van der Waals surface area contributed by atoms with Crippen molar-refractivity contribution in [1.29, 1.82) is 0 Å². The Balaban J connectivity index is 2.10. The highest BCUT2D eigenvalue weighted by Crippen LogP contribution is 2.26. The number of nitrogens with zero attached hydrogens (tertiary/aromatic N) is 1. The van der Waals surface area contributed by atoms with Gasteiger partial charge in [-0.25, -0.2) is 0 Å². The van der Waals surface area contributed by atoms with Crippen LogP contribution in [-0.4, -0.2) is 31.6 Å². The largest absolute Gasteiger partial charge is 0.380 e. The molecule has 1 aromatic carbocycles. The Kier molecular flexibility index (Phi) is 5.37. The highest BCUT2D eigenvalue weighted by atomic mass is 16.5. The van der Waals surface area contributed by atoms with Crippen LogP contribution in [0.5, 0.6) is 0 Å². The quantitative estimate of drug-likeness (QED) is 0.886. The first kappa shape index (κ1) is 14.5. The van der Waals surface area contributed by atoms with Crippen LogP contribution < -0.4 is 5.73 Å². The van der Waals surface area contributed by atoms with Crippen LogP contribution in [0, 0.1) is 5.92 Å². The summed E-state index contributed by atoms with van der Waals surface area (Å²) in [6, 6.07) is 9.00. The molecule has 0 spiro atoms. The molecule has 1 atom stereocenters. The molecular weight excluding hydrogens is 236 g/mol. The number of methoxy groups -OCH3 is 1. The number of rotatable bonds is 5. The van der Waals surface area contributed by atoms with Gasteiger partial charge in [-0.1, -0.05) is 31.2 Å². The van der Waals surface area contributed by atoms with E-state index < -0.39 is 0 Å². The standard InChI is InChI=1S/C16H26N2O/c1-13-6-8-18(9-7-13)16(11-17)15-5-3-4-14(10-15)12-19-2/h3-5,10,13,16H,6-9,11-12,17H2,1-2H3. The summed E-state index contributed by atoms with van der Waals surface area (Å²) in [5, 5.41) is 0. The molecular formula is C16H26N2O. The first-order chi connectivity index (χ1) is 9.24. The van der Waals surface area contributed by atoms with Crippen LogP contribution in [-0.2, 0) is 11.3 Å². The Labute approximate surface area is 116 Å². The fourth-order valence-corrected chi connectivity index (χ4v) is 2.89. The Hall–Kier alpha value is -0.900. The van der Waals surface area contributed by atoms with Crippen molar-refractivity contribution in [1.82, 2.24) is 4.90 Å². The minimum atomic E-state index is 0.351. The van der Waals surface area contributed by atoms with Crippen LogP contribution in [0.15, 0.2) is 24.3 Å². The third-order valence-electron chi connectivity index (χ3n) is 4.13. The summed E-state index contributed by atoms with van der Waals surface area (Å²) in [5.41, 5.74) is 8.57. The summed E-state index contributed by atoms with van der Waals surface area (Å²) in [6.07, 6.45) is 2.57. The van der Waals surface area contributed by atoms with Crippen LogP contribution in [0.4, 0.5) is 0 Å². The molecule has 0 amide bonds. The molecule has 0 aliphatic carbocycles. The van der Waals surface area contributed by atoms with E-state index >= 15 is 0 Å². The van der Waals surface area contributed by atoms with Gasteiger partial charge in [0.2, 0.25) is 0 Å². The van der Waals surface area contributed by atoms with E-state index in [1.54, 1.807) is 7.11 Å². The Morgan fingerprint density at radius 3 is 2.74 bits per heavy atom. The van der Waals surface area contributed by atoms with Crippen molar-refractivity contribution in [3.05, 3.63) is 35.4 Å². The average molecular weight is 262 g/mol. The predicted octanol–water partition coefficient (Wildman–Crippen LogP) is 2.56. The van der Waals surface area contributed by atoms with E-state index in [0.717, 1.165) is 19.0 Å². The maximum atomic E-state index is 6.02. The normalized spacial score (nSPS) is 19.5. The summed E-state index contributed by atoms with van der Waals surface area (Å²) in [6.45, 7) is 6.02. The zero-order valence-corrected chi connectivity index (χ0v) is 12.1. The van der Waals surface area contributed by atoms with Gasteiger partial charge < -0.3 is 10.5 Å². The average Bonchev–Trinajstić information content (AvgIpc) is 2.43. The molecule has 1 fully saturated rings. The van der Waals surface area contributed by atoms with E-state index in [4.69, 9.17) is 10.5 Å². The van der Waals surface area contributed by atoms with Crippen molar-refractivity contribution in [3.63, 3.8) is 0 Å². The Morgan fingerprint density at radius 1 is 1.37 bits per heavy atom. The third-order valence-corrected chi connectivity index (χ3v) is 4.13. The number of likely N-dealkylation sites (tertiary alicyclic amines) is 1. The van der Waals surface area contributed by atoms with Gasteiger partial charge >= 0.3 is 0 Å². The van der Waals surface area contributed by atoms with E-state index in [9.17, 15) is 0 Å². The lowest BCUT2D eigenvalue weighted by Gasteiger charge is -2.36. The molecule has 1 aromatic rings. The number of hydrogen-bond acceptors (Lipinski definition) is 3. The number of piperidine rings is 1. The summed E-state index contributed by atoms with van der Waals surface area (Å²) in [5.74, 6) is 0.856. The van der Waals surface area contributed by atoms with Gasteiger partial charge in [-0.2, -0.15) is 0 Å². The fourth-order valence-electron chi connectivity index (χ4n) is 2.89. The predicted molar refractivity (Wildman–Crippen MR) is 78.9 cm³/mol. The molecule has 0 aromatic heterocycles. The molecule has 1 saturated heterocycles. The van der Waals surface area contributed by atoms with Gasteiger partial charge in [0, 0.05) is 19.7 Å². The number of hydrogen-bond donors (Lipinski definition) is 1. The molecule has 1 heterocycles. The first-order valence-corrected chi connectivity index (χ1v) is 7.26. The van der Waals surface area contributed by atoms with Crippen molar-refractivity contribution >= 4 is 0 Å². The van der Waals surface area contributed by atoms with Gasteiger partial charge in [-0.15, -0.1) is 0 Å². The van der Waals surface area contributed by atoms with E-state index in [-0.39, 0.29) is 0 Å². The van der Waals surface area contributed by atoms with Crippen LogP contribution in [0.1, 0.15) is 36.9 Å². The zero-order valence-electron chi connectivity index (χ0n) is 12.1. The lowest BCUT2D eigenvalue weighted by atomic mass is 9.95. The van der Waals surface area contributed by atoms with Gasteiger partial charge in [0.05, 0.1) is 6.61 Å². The van der Waals surface area contributed by atoms with Crippen molar-refractivity contribution < 1.29 is 4.74 Å². The molecule has 2 N–H and O–H groups in total. The number of nitrogens with two attached hydrogens (primary N) is 1. The monoisotopic (exact) mass is 262 g/mol. The van der Waals surface area contributed by atoms with Gasteiger partial charge in [0.25, 0.3) is 0 Å². The van der Waals surface area contributed by atoms with Crippen LogP contribution in [0.3, 0.4) is 0 Å². The highest BCUT2D eigenvalue weighted by Gasteiger charge is 2.23. The molecule has 0 radical (unpaired) electrons. The molecule has 106 valence electrons. The molecule has 3 nitrogen and oxygen atoms in total. The zero-order chi connectivity index (χ0) is 13.7. The summed E-state index contributed by atoms with van der Waals surface area (Å²) < 4.78 is 5.21.